The summed E-state index contributed by atoms with van der Waals surface area (Å²) in [6.07, 6.45) is 12.5. The lowest BCUT2D eigenvalue weighted by Gasteiger charge is -1.96. The summed E-state index contributed by atoms with van der Waals surface area (Å²) in [6.45, 7) is 2.23. The van der Waals surface area contributed by atoms with Crippen LogP contribution in [0.4, 0.5) is 0 Å². The Hall–Kier alpha value is -0.630. The van der Waals surface area contributed by atoms with E-state index in [0.717, 1.165) is 12.7 Å². The van der Waals surface area contributed by atoms with E-state index in [2.05, 4.69) is 6.92 Å². The van der Waals surface area contributed by atoms with Gasteiger partial charge in [-0.25, -0.2) is 0 Å². The molecule has 1 fully saturated rings. The van der Waals surface area contributed by atoms with Crippen molar-refractivity contribution in [1.82, 2.24) is 0 Å². The van der Waals surface area contributed by atoms with Gasteiger partial charge in [-0.2, -0.15) is 0 Å². The molecule has 2 nitrogen and oxygen atoms in total. The molecule has 0 aromatic carbocycles. The van der Waals surface area contributed by atoms with Crippen LogP contribution >= 0.6 is 0 Å². The van der Waals surface area contributed by atoms with Crippen molar-refractivity contribution < 1.29 is 9.53 Å². The van der Waals surface area contributed by atoms with Gasteiger partial charge >= 0.3 is 0 Å². The second-order valence-electron chi connectivity index (χ2n) is 3.86. The van der Waals surface area contributed by atoms with Gasteiger partial charge in [0.15, 0.2) is 0 Å². The number of unbranched alkanes of at least 4 members (excludes halogenated alkanes) is 4. The summed E-state index contributed by atoms with van der Waals surface area (Å²) in [4.78, 5) is 10.0. The highest BCUT2D eigenvalue weighted by molar-refractivity contribution is 5.64. The van der Waals surface area contributed by atoms with E-state index in [0.29, 0.717) is 6.10 Å². The van der Waals surface area contributed by atoms with Crippen LogP contribution in [0.3, 0.4) is 0 Å². The lowest BCUT2D eigenvalue weighted by molar-refractivity contribution is -0.104. The SMILES string of the molecule is CCCCCCC[C@@H]1O[C@@H]1/C=C/C=O. The Kier molecular flexibility index (Phi) is 5.53. The predicted octanol–water partition coefficient (Wildman–Crippen LogP) is 2.87. The van der Waals surface area contributed by atoms with E-state index in [-0.39, 0.29) is 6.10 Å². The van der Waals surface area contributed by atoms with Crippen molar-refractivity contribution in [2.45, 2.75) is 57.7 Å². The molecule has 1 saturated heterocycles. The number of rotatable bonds is 8. The van der Waals surface area contributed by atoms with Crippen molar-refractivity contribution in [3.63, 3.8) is 0 Å². The molecule has 0 aromatic heterocycles. The number of hydrogen-bond acceptors (Lipinski definition) is 2. The van der Waals surface area contributed by atoms with Crippen LogP contribution in [-0.2, 0) is 9.53 Å². The fraction of sp³-hybridized carbons (Fsp3) is 0.750. The number of epoxide rings is 1. The van der Waals surface area contributed by atoms with Crippen LogP contribution in [0.1, 0.15) is 45.4 Å². The zero-order valence-electron chi connectivity index (χ0n) is 8.95. The van der Waals surface area contributed by atoms with Crippen LogP contribution in [0, 0.1) is 0 Å². The first-order valence-corrected chi connectivity index (χ1v) is 5.66. The van der Waals surface area contributed by atoms with E-state index in [1.54, 1.807) is 0 Å². The van der Waals surface area contributed by atoms with Crippen LogP contribution in [0.25, 0.3) is 0 Å². The topological polar surface area (TPSA) is 29.6 Å². The van der Waals surface area contributed by atoms with E-state index in [4.69, 9.17) is 4.74 Å². The Labute approximate surface area is 86.3 Å². The normalized spacial score (nSPS) is 25.5. The lowest BCUT2D eigenvalue weighted by Crippen LogP contribution is -1.91. The summed E-state index contributed by atoms with van der Waals surface area (Å²) < 4.78 is 5.38. The summed E-state index contributed by atoms with van der Waals surface area (Å²) in [5.41, 5.74) is 0. The molecule has 1 rings (SSSR count). The molecule has 14 heavy (non-hydrogen) atoms. The van der Waals surface area contributed by atoms with Gasteiger partial charge in [-0.3, -0.25) is 4.79 Å². The second kappa shape index (κ2) is 6.77. The first-order valence-electron chi connectivity index (χ1n) is 5.66. The summed E-state index contributed by atoms with van der Waals surface area (Å²) in [5, 5.41) is 0. The molecular formula is C12H20O2. The first-order chi connectivity index (χ1) is 6.88. The maximum absolute atomic E-state index is 10.0. The maximum Gasteiger partial charge on any atom is 0.142 e. The molecular weight excluding hydrogens is 176 g/mol. The Morgan fingerprint density at radius 2 is 2.00 bits per heavy atom. The quantitative estimate of drug-likeness (QED) is 0.258. The molecule has 1 aliphatic heterocycles. The molecule has 1 heterocycles. The molecule has 0 saturated carbocycles. The smallest absolute Gasteiger partial charge is 0.142 e. The highest BCUT2D eigenvalue weighted by atomic mass is 16.6. The van der Waals surface area contributed by atoms with Gasteiger partial charge in [-0.05, 0) is 12.5 Å². The first kappa shape index (κ1) is 11.4. The molecule has 0 spiro atoms. The van der Waals surface area contributed by atoms with Gasteiger partial charge in [0.1, 0.15) is 12.4 Å². The van der Waals surface area contributed by atoms with Crippen LogP contribution < -0.4 is 0 Å². The summed E-state index contributed by atoms with van der Waals surface area (Å²) in [7, 11) is 0. The lowest BCUT2D eigenvalue weighted by atomic mass is 10.1. The minimum atomic E-state index is 0.228. The van der Waals surface area contributed by atoms with Crippen LogP contribution in [0.2, 0.25) is 0 Å². The third kappa shape index (κ3) is 4.56. The van der Waals surface area contributed by atoms with Crippen molar-refractivity contribution in [3.05, 3.63) is 12.2 Å². The zero-order valence-corrected chi connectivity index (χ0v) is 8.95. The fourth-order valence-electron chi connectivity index (χ4n) is 1.66. The van der Waals surface area contributed by atoms with Gasteiger partial charge in [0.25, 0.3) is 0 Å². The molecule has 80 valence electrons. The third-order valence-corrected chi connectivity index (χ3v) is 2.59. The molecule has 2 heteroatoms. The molecule has 1 aliphatic rings. The fourth-order valence-corrected chi connectivity index (χ4v) is 1.66. The number of allylic oxidation sites excluding steroid dienone is 1. The van der Waals surface area contributed by atoms with Crippen molar-refractivity contribution in [1.29, 1.82) is 0 Å². The molecule has 0 N–H and O–H groups in total. The van der Waals surface area contributed by atoms with Gasteiger partial charge in [-0.1, -0.05) is 45.1 Å². The monoisotopic (exact) mass is 196 g/mol. The van der Waals surface area contributed by atoms with E-state index in [1.165, 1.54) is 38.2 Å². The number of aldehydes is 1. The van der Waals surface area contributed by atoms with Crippen molar-refractivity contribution >= 4 is 6.29 Å². The molecule has 0 amide bonds. The zero-order chi connectivity index (χ0) is 10.2. The average molecular weight is 196 g/mol. The Balaban J connectivity index is 1.90. The Morgan fingerprint density at radius 3 is 2.71 bits per heavy atom. The standard InChI is InChI=1S/C12H20O2/c1-2-3-4-5-6-8-11-12(14-11)9-7-10-13/h7,9-12H,2-6,8H2,1H3/b9-7+/t11-,12+/m0/s1. The summed E-state index contributed by atoms with van der Waals surface area (Å²) in [5.74, 6) is 0. The number of hydrogen-bond donors (Lipinski definition) is 0. The molecule has 0 bridgehead atoms. The second-order valence-corrected chi connectivity index (χ2v) is 3.86. The maximum atomic E-state index is 10.0. The summed E-state index contributed by atoms with van der Waals surface area (Å²) >= 11 is 0. The van der Waals surface area contributed by atoms with E-state index >= 15 is 0 Å². The van der Waals surface area contributed by atoms with Crippen LogP contribution in [-0.4, -0.2) is 18.5 Å². The molecule has 2 atom stereocenters. The van der Waals surface area contributed by atoms with E-state index in [9.17, 15) is 4.79 Å². The Bertz CT molecular complexity index is 187. The van der Waals surface area contributed by atoms with Crippen molar-refractivity contribution in [2.75, 3.05) is 0 Å². The largest absolute Gasteiger partial charge is 0.365 e. The van der Waals surface area contributed by atoms with Gasteiger partial charge < -0.3 is 4.74 Å². The molecule has 0 unspecified atom stereocenters. The number of ether oxygens (including phenoxy) is 1. The minimum absolute atomic E-state index is 0.228. The van der Waals surface area contributed by atoms with Crippen molar-refractivity contribution in [3.8, 4) is 0 Å². The molecule has 0 radical (unpaired) electrons. The van der Waals surface area contributed by atoms with Gasteiger partial charge in [-0.15, -0.1) is 0 Å². The number of carbonyl (C=O) groups is 1. The number of carbonyl (C=O) groups excluding carboxylic acids is 1. The van der Waals surface area contributed by atoms with Crippen molar-refractivity contribution in [2.24, 2.45) is 0 Å². The predicted molar refractivity (Wildman–Crippen MR) is 57.2 cm³/mol. The molecule has 0 aliphatic carbocycles. The van der Waals surface area contributed by atoms with E-state index < -0.39 is 0 Å². The van der Waals surface area contributed by atoms with Gasteiger partial charge in [0.2, 0.25) is 0 Å². The molecule has 0 aromatic rings. The van der Waals surface area contributed by atoms with Gasteiger partial charge in [0, 0.05) is 0 Å². The minimum Gasteiger partial charge on any atom is -0.365 e. The van der Waals surface area contributed by atoms with Crippen LogP contribution in [0.15, 0.2) is 12.2 Å². The highest BCUT2D eigenvalue weighted by Gasteiger charge is 2.35. The van der Waals surface area contributed by atoms with E-state index in [1.807, 2.05) is 6.08 Å². The van der Waals surface area contributed by atoms with Crippen LogP contribution in [0.5, 0.6) is 0 Å². The van der Waals surface area contributed by atoms with Gasteiger partial charge in [0.05, 0.1) is 6.10 Å². The highest BCUT2D eigenvalue weighted by Crippen LogP contribution is 2.28. The average Bonchev–Trinajstić information content (AvgIpc) is 2.93. The third-order valence-electron chi connectivity index (χ3n) is 2.59. The Morgan fingerprint density at radius 1 is 1.21 bits per heavy atom. The summed E-state index contributed by atoms with van der Waals surface area (Å²) in [6, 6.07) is 0.